The fourth-order valence-corrected chi connectivity index (χ4v) is 2.56. The molecule has 0 amide bonds. The van der Waals surface area contributed by atoms with Crippen molar-refractivity contribution in [1.29, 1.82) is 5.26 Å². The average Bonchev–Trinajstić information content (AvgIpc) is 2.84. The monoisotopic (exact) mass is 307 g/mol. The van der Waals surface area contributed by atoms with E-state index >= 15 is 0 Å². The van der Waals surface area contributed by atoms with E-state index in [1.54, 1.807) is 6.20 Å². The molecule has 2 aromatic rings. The lowest BCUT2D eigenvalue weighted by Gasteiger charge is -2.05. The SMILES string of the molecule is N#Cc1sc(NCCCNCc2cccnc2)nc1Cl. The van der Waals surface area contributed by atoms with Gasteiger partial charge in [-0.15, -0.1) is 0 Å². The van der Waals surface area contributed by atoms with Gasteiger partial charge in [0.25, 0.3) is 0 Å². The molecule has 104 valence electrons. The van der Waals surface area contributed by atoms with Crippen LogP contribution in [0.1, 0.15) is 16.9 Å². The summed E-state index contributed by atoms with van der Waals surface area (Å²) in [6.45, 7) is 2.50. The van der Waals surface area contributed by atoms with Gasteiger partial charge in [-0.2, -0.15) is 5.26 Å². The van der Waals surface area contributed by atoms with Crippen LogP contribution < -0.4 is 10.6 Å². The van der Waals surface area contributed by atoms with Gasteiger partial charge in [-0.25, -0.2) is 4.98 Å². The Morgan fingerprint density at radius 2 is 2.30 bits per heavy atom. The van der Waals surface area contributed by atoms with Gasteiger partial charge in [-0.3, -0.25) is 4.98 Å². The Labute approximate surface area is 126 Å². The smallest absolute Gasteiger partial charge is 0.185 e. The van der Waals surface area contributed by atoms with Crippen molar-refractivity contribution in [3.63, 3.8) is 0 Å². The lowest BCUT2D eigenvalue weighted by atomic mass is 10.3. The number of hydrogen-bond acceptors (Lipinski definition) is 6. The van der Waals surface area contributed by atoms with Gasteiger partial charge < -0.3 is 10.6 Å². The first-order valence-corrected chi connectivity index (χ1v) is 7.39. The predicted octanol–water partition coefficient (Wildman–Crippen LogP) is 2.65. The number of halogens is 1. The van der Waals surface area contributed by atoms with Gasteiger partial charge in [-0.1, -0.05) is 29.0 Å². The number of hydrogen-bond donors (Lipinski definition) is 2. The number of anilines is 1. The Balaban J connectivity index is 1.61. The van der Waals surface area contributed by atoms with E-state index in [4.69, 9.17) is 16.9 Å². The molecule has 0 unspecified atom stereocenters. The summed E-state index contributed by atoms with van der Waals surface area (Å²) in [5.74, 6) is 0. The van der Waals surface area contributed by atoms with Crippen molar-refractivity contribution >= 4 is 28.1 Å². The van der Waals surface area contributed by atoms with Gasteiger partial charge in [0.1, 0.15) is 10.9 Å². The summed E-state index contributed by atoms with van der Waals surface area (Å²) in [5, 5.41) is 16.2. The van der Waals surface area contributed by atoms with Crippen LogP contribution in [0.15, 0.2) is 24.5 Å². The molecule has 20 heavy (non-hydrogen) atoms. The molecule has 7 heteroatoms. The second kappa shape index (κ2) is 7.80. The maximum Gasteiger partial charge on any atom is 0.185 e. The molecule has 0 aliphatic heterocycles. The molecule has 0 bridgehead atoms. The van der Waals surface area contributed by atoms with Crippen molar-refractivity contribution in [2.75, 3.05) is 18.4 Å². The Hall–Kier alpha value is -1.68. The molecule has 2 heterocycles. The minimum atomic E-state index is 0.273. The molecule has 5 nitrogen and oxygen atoms in total. The number of nitrogens with one attached hydrogen (secondary N) is 2. The van der Waals surface area contributed by atoms with Crippen molar-refractivity contribution in [3.8, 4) is 6.07 Å². The standard InChI is InChI=1S/C13H14ClN5S/c14-12-11(7-15)20-13(19-12)18-6-2-5-17-9-10-3-1-4-16-8-10/h1,3-4,8,17H,2,5-6,9H2,(H,18,19). The summed E-state index contributed by atoms with van der Waals surface area (Å²) in [4.78, 5) is 8.58. The number of pyridine rings is 1. The Morgan fingerprint density at radius 3 is 3.00 bits per heavy atom. The summed E-state index contributed by atoms with van der Waals surface area (Å²) in [6, 6.07) is 5.98. The van der Waals surface area contributed by atoms with Gasteiger partial charge >= 0.3 is 0 Å². The first-order valence-electron chi connectivity index (χ1n) is 6.19. The molecule has 0 radical (unpaired) electrons. The van der Waals surface area contributed by atoms with Gasteiger partial charge in [0.05, 0.1) is 0 Å². The maximum absolute atomic E-state index is 8.77. The van der Waals surface area contributed by atoms with Crippen molar-refractivity contribution < 1.29 is 0 Å². The third kappa shape index (κ3) is 4.46. The summed E-state index contributed by atoms with van der Waals surface area (Å²) >= 11 is 7.07. The predicted molar refractivity (Wildman–Crippen MR) is 80.9 cm³/mol. The second-order valence-electron chi connectivity index (χ2n) is 4.07. The number of nitriles is 1. The molecule has 0 aromatic carbocycles. The average molecular weight is 308 g/mol. The van der Waals surface area contributed by atoms with E-state index in [2.05, 4.69) is 20.6 Å². The fourth-order valence-electron chi connectivity index (χ4n) is 1.59. The van der Waals surface area contributed by atoms with Crippen molar-refractivity contribution in [3.05, 3.63) is 40.1 Å². The van der Waals surface area contributed by atoms with Crippen LogP contribution in [0.2, 0.25) is 5.15 Å². The quantitative estimate of drug-likeness (QED) is 0.769. The van der Waals surface area contributed by atoms with E-state index in [1.165, 1.54) is 16.9 Å². The minimum Gasteiger partial charge on any atom is -0.361 e. The molecular formula is C13H14ClN5S. The normalized spacial score (nSPS) is 10.2. The highest BCUT2D eigenvalue weighted by Crippen LogP contribution is 2.25. The molecule has 0 atom stereocenters. The Bertz CT molecular complexity index is 578. The molecule has 2 N–H and O–H groups in total. The lowest BCUT2D eigenvalue weighted by Crippen LogP contribution is -2.17. The van der Waals surface area contributed by atoms with E-state index in [9.17, 15) is 0 Å². The van der Waals surface area contributed by atoms with Crippen LogP contribution >= 0.6 is 22.9 Å². The van der Waals surface area contributed by atoms with E-state index in [0.717, 1.165) is 26.1 Å². The fraction of sp³-hybridized carbons (Fsp3) is 0.308. The highest BCUT2D eigenvalue weighted by molar-refractivity contribution is 7.16. The number of rotatable bonds is 7. The van der Waals surface area contributed by atoms with Gasteiger partial charge in [-0.05, 0) is 24.6 Å². The van der Waals surface area contributed by atoms with Crippen LogP contribution in [0.4, 0.5) is 5.13 Å². The van der Waals surface area contributed by atoms with Crippen molar-refractivity contribution in [2.45, 2.75) is 13.0 Å². The molecule has 0 fully saturated rings. The zero-order valence-corrected chi connectivity index (χ0v) is 12.3. The molecule has 2 rings (SSSR count). The lowest BCUT2D eigenvalue weighted by molar-refractivity contribution is 0.662. The minimum absolute atomic E-state index is 0.273. The van der Waals surface area contributed by atoms with E-state index in [0.29, 0.717) is 10.0 Å². The highest BCUT2D eigenvalue weighted by Gasteiger charge is 2.07. The first kappa shape index (κ1) is 14.7. The Kier molecular flexibility index (Phi) is 5.74. The van der Waals surface area contributed by atoms with Crippen LogP contribution in [0, 0.1) is 11.3 Å². The summed E-state index contributed by atoms with van der Waals surface area (Å²) in [5.41, 5.74) is 1.17. The number of nitrogens with zero attached hydrogens (tertiary/aromatic N) is 3. The van der Waals surface area contributed by atoms with Crippen molar-refractivity contribution in [2.24, 2.45) is 0 Å². The van der Waals surface area contributed by atoms with E-state index < -0.39 is 0 Å². The van der Waals surface area contributed by atoms with E-state index in [1.807, 2.05) is 24.4 Å². The molecule has 0 aliphatic carbocycles. The van der Waals surface area contributed by atoms with Crippen LogP contribution in [0.25, 0.3) is 0 Å². The molecular weight excluding hydrogens is 294 g/mol. The van der Waals surface area contributed by atoms with Crippen LogP contribution in [0.3, 0.4) is 0 Å². The molecule has 2 aromatic heterocycles. The van der Waals surface area contributed by atoms with Gasteiger partial charge in [0.15, 0.2) is 10.3 Å². The number of aromatic nitrogens is 2. The van der Waals surface area contributed by atoms with Crippen LogP contribution in [-0.2, 0) is 6.54 Å². The van der Waals surface area contributed by atoms with Crippen LogP contribution in [0.5, 0.6) is 0 Å². The van der Waals surface area contributed by atoms with Crippen molar-refractivity contribution in [1.82, 2.24) is 15.3 Å². The summed E-state index contributed by atoms with van der Waals surface area (Å²) in [6.07, 6.45) is 4.58. The molecule has 0 saturated carbocycles. The molecule has 0 spiro atoms. The van der Waals surface area contributed by atoms with Gasteiger partial charge in [0, 0.05) is 25.5 Å². The third-order valence-electron chi connectivity index (χ3n) is 2.55. The molecule has 0 saturated heterocycles. The van der Waals surface area contributed by atoms with Gasteiger partial charge in [0.2, 0.25) is 0 Å². The van der Waals surface area contributed by atoms with E-state index in [-0.39, 0.29) is 5.15 Å². The molecule has 0 aliphatic rings. The first-order chi connectivity index (χ1) is 9.79. The second-order valence-corrected chi connectivity index (χ2v) is 5.43. The summed E-state index contributed by atoms with van der Waals surface area (Å²) in [7, 11) is 0. The third-order valence-corrected chi connectivity index (χ3v) is 3.85. The number of thiazole rings is 1. The topological polar surface area (TPSA) is 73.6 Å². The Morgan fingerprint density at radius 1 is 1.40 bits per heavy atom. The maximum atomic E-state index is 8.77. The zero-order chi connectivity index (χ0) is 14.2. The largest absolute Gasteiger partial charge is 0.361 e. The highest BCUT2D eigenvalue weighted by atomic mass is 35.5. The van der Waals surface area contributed by atoms with Crippen LogP contribution in [-0.4, -0.2) is 23.1 Å². The summed E-state index contributed by atoms with van der Waals surface area (Å²) < 4.78 is 0. The zero-order valence-electron chi connectivity index (χ0n) is 10.8.